The third-order valence-electron chi connectivity index (χ3n) is 5.33. The van der Waals surface area contributed by atoms with Crippen LogP contribution in [0, 0.1) is 5.92 Å². The molecule has 1 unspecified atom stereocenters. The lowest BCUT2D eigenvalue weighted by Gasteiger charge is -2.38. The van der Waals surface area contributed by atoms with Crippen LogP contribution < -0.4 is 5.56 Å². The first-order valence-corrected chi connectivity index (χ1v) is 9.36. The molecule has 1 aromatic rings. The minimum absolute atomic E-state index is 0.0351. The first kappa shape index (κ1) is 19.9. The lowest BCUT2D eigenvalue weighted by Crippen LogP contribution is -2.50. The molecule has 2 fully saturated rings. The molecule has 3 rings (SSSR count). The average Bonchev–Trinajstić information content (AvgIpc) is 2.65. The summed E-state index contributed by atoms with van der Waals surface area (Å²) >= 11 is 0. The monoisotopic (exact) mass is 384 g/mol. The molecule has 27 heavy (non-hydrogen) atoms. The number of alkyl halides is 2. The summed E-state index contributed by atoms with van der Waals surface area (Å²) in [6, 6.07) is 0.918. The Labute approximate surface area is 156 Å². The number of piperidine rings is 1. The van der Waals surface area contributed by atoms with Crippen molar-refractivity contribution < 1.29 is 18.3 Å². The molecule has 0 N–H and O–H groups in total. The van der Waals surface area contributed by atoms with Gasteiger partial charge in [-0.3, -0.25) is 14.2 Å². The standard InChI is InChI=1S/C18H26F2N4O3/c1-13(25)23-6-7-27-15(11-23)10-22-4-2-14(3-5-22)9-24-12-21-16(18(19)20)8-17(24)26/h8,12,14-15,18H,2-7,9-11H2,1H3. The topological polar surface area (TPSA) is 67.7 Å². The van der Waals surface area contributed by atoms with Crippen molar-refractivity contribution in [3.05, 3.63) is 28.4 Å². The van der Waals surface area contributed by atoms with Crippen LogP contribution in [0.25, 0.3) is 0 Å². The molecule has 1 aromatic heterocycles. The lowest BCUT2D eigenvalue weighted by atomic mass is 9.96. The van der Waals surface area contributed by atoms with E-state index in [1.54, 1.807) is 6.92 Å². The predicted octanol–water partition coefficient (Wildman–Crippen LogP) is 1.14. The van der Waals surface area contributed by atoms with Gasteiger partial charge in [0.2, 0.25) is 5.91 Å². The fourth-order valence-electron chi connectivity index (χ4n) is 3.73. The van der Waals surface area contributed by atoms with E-state index in [4.69, 9.17) is 4.74 Å². The van der Waals surface area contributed by atoms with Gasteiger partial charge in [-0.1, -0.05) is 0 Å². The van der Waals surface area contributed by atoms with Crippen LogP contribution in [-0.2, 0) is 16.1 Å². The first-order chi connectivity index (χ1) is 12.9. The van der Waals surface area contributed by atoms with Gasteiger partial charge in [-0.15, -0.1) is 0 Å². The van der Waals surface area contributed by atoms with Crippen LogP contribution in [0.1, 0.15) is 31.9 Å². The largest absolute Gasteiger partial charge is 0.373 e. The molecule has 0 aromatic carbocycles. The van der Waals surface area contributed by atoms with Crippen molar-refractivity contribution in [1.29, 1.82) is 0 Å². The third-order valence-corrected chi connectivity index (χ3v) is 5.33. The maximum atomic E-state index is 12.6. The highest BCUT2D eigenvalue weighted by atomic mass is 19.3. The summed E-state index contributed by atoms with van der Waals surface area (Å²) in [5.41, 5.74) is -0.902. The number of likely N-dealkylation sites (tertiary alicyclic amines) is 1. The molecule has 1 amide bonds. The van der Waals surface area contributed by atoms with E-state index in [0.717, 1.165) is 38.5 Å². The van der Waals surface area contributed by atoms with Gasteiger partial charge in [0, 0.05) is 39.2 Å². The van der Waals surface area contributed by atoms with Crippen molar-refractivity contribution in [2.24, 2.45) is 5.92 Å². The summed E-state index contributed by atoms with van der Waals surface area (Å²) < 4.78 is 32.4. The Bertz CT molecular complexity index is 704. The van der Waals surface area contributed by atoms with Gasteiger partial charge in [0.05, 0.1) is 19.0 Å². The molecule has 1 atom stereocenters. The summed E-state index contributed by atoms with van der Waals surface area (Å²) in [6.07, 6.45) is 0.380. The number of morpholine rings is 1. The average molecular weight is 384 g/mol. The van der Waals surface area contributed by atoms with Crippen molar-refractivity contribution in [2.45, 2.75) is 38.8 Å². The normalized spacial score (nSPS) is 22.4. The highest BCUT2D eigenvalue weighted by molar-refractivity contribution is 5.73. The Morgan fingerprint density at radius 1 is 1.30 bits per heavy atom. The number of hydrogen-bond donors (Lipinski definition) is 0. The number of rotatable bonds is 5. The SMILES string of the molecule is CC(=O)N1CCOC(CN2CCC(Cn3cnc(C(F)F)cc3=O)CC2)C1. The zero-order chi connectivity index (χ0) is 19.4. The van der Waals surface area contributed by atoms with E-state index in [0.29, 0.717) is 32.2 Å². The van der Waals surface area contributed by atoms with Crippen LogP contribution in [-0.4, -0.2) is 70.7 Å². The van der Waals surface area contributed by atoms with E-state index in [1.165, 1.54) is 10.9 Å². The van der Waals surface area contributed by atoms with Crippen LogP contribution in [0.4, 0.5) is 8.78 Å². The van der Waals surface area contributed by atoms with Crippen LogP contribution >= 0.6 is 0 Å². The summed E-state index contributed by atoms with van der Waals surface area (Å²) in [7, 11) is 0. The zero-order valence-electron chi connectivity index (χ0n) is 15.5. The molecule has 0 radical (unpaired) electrons. The number of carbonyl (C=O) groups excluding carboxylic acids is 1. The molecule has 0 bridgehead atoms. The van der Waals surface area contributed by atoms with Gasteiger partial charge in [-0.05, 0) is 31.8 Å². The van der Waals surface area contributed by atoms with Gasteiger partial charge in [-0.25, -0.2) is 13.8 Å². The van der Waals surface area contributed by atoms with Crippen molar-refractivity contribution in [2.75, 3.05) is 39.3 Å². The van der Waals surface area contributed by atoms with Gasteiger partial charge in [0.15, 0.2) is 0 Å². The Kier molecular flexibility index (Phi) is 6.54. The van der Waals surface area contributed by atoms with Crippen LogP contribution in [0.5, 0.6) is 0 Å². The number of ether oxygens (including phenoxy) is 1. The fourth-order valence-corrected chi connectivity index (χ4v) is 3.73. The molecule has 0 spiro atoms. The quantitative estimate of drug-likeness (QED) is 0.762. The molecule has 2 saturated heterocycles. The zero-order valence-corrected chi connectivity index (χ0v) is 15.5. The first-order valence-electron chi connectivity index (χ1n) is 9.36. The maximum Gasteiger partial charge on any atom is 0.280 e. The van der Waals surface area contributed by atoms with Crippen molar-refractivity contribution >= 4 is 5.91 Å². The minimum atomic E-state index is -2.73. The second kappa shape index (κ2) is 8.88. The molecule has 2 aliphatic heterocycles. The molecule has 2 aliphatic rings. The fraction of sp³-hybridized carbons (Fsp3) is 0.722. The number of amides is 1. The number of carbonyl (C=O) groups is 1. The Morgan fingerprint density at radius 2 is 2.04 bits per heavy atom. The molecule has 7 nitrogen and oxygen atoms in total. The summed E-state index contributed by atoms with van der Waals surface area (Å²) in [5, 5.41) is 0. The van der Waals surface area contributed by atoms with E-state index in [1.807, 2.05) is 4.90 Å². The van der Waals surface area contributed by atoms with E-state index in [9.17, 15) is 18.4 Å². The predicted molar refractivity (Wildman–Crippen MR) is 94.6 cm³/mol. The highest BCUT2D eigenvalue weighted by Crippen LogP contribution is 2.20. The van der Waals surface area contributed by atoms with Crippen molar-refractivity contribution in [3.63, 3.8) is 0 Å². The lowest BCUT2D eigenvalue weighted by molar-refractivity contribution is -0.137. The smallest absolute Gasteiger partial charge is 0.280 e. The molecular weight excluding hydrogens is 358 g/mol. The second-order valence-corrected chi connectivity index (χ2v) is 7.31. The Morgan fingerprint density at radius 3 is 2.67 bits per heavy atom. The Hall–Kier alpha value is -1.87. The number of hydrogen-bond acceptors (Lipinski definition) is 5. The number of aromatic nitrogens is 2. The maximum absolute atomic E-state index is 12.6. The summed E-state index contributed by atoms with van der Waals surface area (Å²) in [6.45, 7) is 6.52. The Balaban J connectivity index is 1.46. The van der Waals surface area contributed by atoms with E-state index in [2.05, 4.69) is 9.88 Å². The van der Waals surface area contributed by atoms with Crippen LogP contribution in [0.15, 0.2) is 17.2 Å². The van der Waals surface area contributed by atoms with Crippen LogP contribution in [0.3, 0.4) is 0 Å². The van der Waals surface area contributed by atoms with Gasteiger partial charge >= 0.3 is 0 Å². The molecule has 0 saturated carbocycles. The molecule has 3 heterocycles. The van der Waals surface area contributed by atoms with Gasteiger partial charge in [0.1, 0.15) is 5.69 Å². The van der Waals surface area contributed by atoms with Crippen molar-refractivity contribution in [3.8, 4) is 0 Å². The second-order valence-electron chi connectivity index (χ2n) is 7.31. The molecule has 9 heteroatoms. The van der Waals surface area contributed by atoms with E-state index in [-0.39, 0.29) is 12.0 Å². The van der Waals surface area contributed by atoms with Gasteiger partial charge < -0.3 is 14.5 Å². The third kappa shape index (κ3) is 5.32. The summed E-state index contributed by atoms with van der Waals surface area (Å²) in [5.74, 6) is 0.401. The molecule has 150 valence electrons. The van der Waals surface area contributed by atoms with Crippen molar-refractivity contribution in [1.82, 2.24) is 19.4 Å². The number of nitrogens with zero attached hydrogens (tertiary/aromatic N) is 4. The summed E-state index contributed by atoms with van der Waals surface area (Å²) in [4.78, 5) is 31.3. The van der Waals surface area contributed by atoms with Gasteiger partial charge in [0.25, 0.3) is 12.0 Å². The van der Waals surface area contributed by atoms with Gasteiger partial charge in [-0.2, -0.15) is 0 Å². The van der Waals surface area contributed by atoms with E-state index >= 15 is 0 Å². The molecular formula is C18H26F2N4O3. The van der Waals surface area contributed by atoms with E-state index < -0.39 is 17.7 Å². The van der Waals surface area contributed by atoms with Crippen LogP contribution in [0.2, 0.25) is 0 Å². The highest BCUT2D eigenvalue weighted by Gasteiger charge is 2.27. The number of halogens is 2. The minimum Gasteiger partial charge on any atom is -0.373 e. The molecule has 0 aliphatic carbocycles.